The zero-order chi connectivity index (χ0) is 20.5. The molecule has 0 saturated carbocycles. The van der Waals surface area contributed by atoms with Crippen LogP contribution in [0.1, 0.15) is 24.8 Å². The fourth-order valence-corrected chi connectivity index (χ4v) is 2.94. The first-order chi connectivity index (χ1) is 13.4. The number of carbonyl (C=O) groups is 2. The molecule has 2 amide bonds. The van der Waals surface area contributed by atoms with E-state index < -0.39 is 5.82 Å². The fourth-order valence-electron chi connectivity index (χ4n) is 2.72. The molecule has 0 aliphatic rings. The number of benzene rings is 2. The van der Waals surface area contributed by atoms with Gasteiger partial charge >= 0.3 is 0 Å². The van der Waals surface area contributed by atoms with Gasteiger partial charge in [-0.3, -0.25) is 9.59 Å². The summed E-state index contributed by atoms with van der Waals surface area (Å²) in [7, 11) is 1.54. The third-order valence-corrected chi connectivity index (χ3v) is 4.61. The van der Waals surface area contributed by atoms with E-state index in [2.05, 4.69) is 0 Å². The van der Waals surface area contributed by atoms with Gasteiger partial charge in [-0.1, -0.05) is 35.9 Å². The van der Waals surface area contributed by atoms with Crippen LogP contribution in [0, 0.1) is 17.1 Å². The van der Waals surface area contributed by atoms with Crippen LogP contribution >= 0.6 is 11.6 Å². The monoisotopic (exact) mass is 401 g/mol. The van der Waals surface area contributed by atoms with Crippen LogP contribution in [0.3, 0.4) is 0 Å². The van der Waals surface area contributed by atoms with E-state index in [1.165, 1.54) is 21.9 Å². The van der Waals surface area contributed by atoms with Crippen LogP contribution in [-0.4, -0.2) is 30.3 Å². The molecule has 0 spiro atoms. The van der Waals surface area contributed by atoms with Crippen LogP contribution in [0.25, 0.3) is 0 Å². The lowest BCUT2D eigenvalue weighted by molar-refractivity contribution is -0.132. The Morgan fingerprint density at radius 3 is 2.39 bits per heavy atom. The van der Waals surface area contributed by atoms with E-state index >= 15 is 0 Å². The Labute approximate surface area is 168 Å². The van der Waals surface area contributed by atoms with E-state index in [0.29, 0.717) is 5.69 Å². The summed E-state index contributed by atoms with van der Waals surface area (Å²) in [5, 5.41) is 9.08. The van der Waals surface area contributed by atoms with Crippen LogP contribution in [0.4, 0.5) is 10.1 Å². The number of hydrogen-bond acceptors (Lipinski definition) is 3. The Hall–Kier alpha value is -2.91. The van der Waals surface area contributed by atoms with E-state index in [1.807, 2.05) is 12.1 Å². The Morgan fingerprint density at radius 1 is 1.07 bits per heavy atom. The van der Waals surface area contributed by atoms with Crippen LogP contribution in [0.2, 0.25) is 5.02 Å². The third-order valence-electron chi connectivity index (χ3n) is 4.25. The SMILES string of the molecule is CN(Cc1c(F)cccc1Cl)C(=O)CCC(=O)N(CCC#N)c1ccccc1. The van der Waals surface area contributed by atoms with Crippen molar-refractivity contribution in [2.45, 2.75) is 25.8 Å². The number of halogens is 2. The van der Waals surface area contributed by atoms with Crippen molar-refractivity contribution in [3.63, 3.8) is 0 Å². The average Bonchev–Trinajstić information content (AvgIpc) is 2.70. The highest BCUT2D eigenvalue weighted by Gasteiger charge is 2.19. The second kappa shape index (κ2) is 10.4. The third kappa shape index (κ3) is 5.80. The number of para-hydroxylation sites is 1. The van der Waals surface area contributed by atoms with Gasteiger partial charge in [0.15, 0.2) is 0 Å². The molecule has 0 atom stereocenters. The number of nitriles is 1. The average molecular weight is 402 g/mol. The summed E-state index contributed by atoms with van der Waals surface area (Å²) in [6.45, 7) is 0.281. The quantitative estimate of drug-likeness (QED) is 0.667. The van der Waals surface area contributed by atoms with Gasteiger partial charge in [0.2, 0.25) is 11.8 Å². The van der Waals surface area contributed by atoms with Crippen LogP contribution in [0.5, 0.6) is 0 Å². The van der Waals surface area contributed by atoms with Gasteiger partial charge in [0.1, 0.15) is 5.82 Å². The molecule has 28 heavy (non-hydrogen) atoms. The van der Waals surface area contributed by atoms with Crippen LogP contribution < -0.4 is 4.90 Å². The van der Waals surface area contributed by atoms with Crippen molar-refractivity contribution in [2.24, 2.45) is 0 Å². The molecular formula is C21H21ClFN3O2. The summed E-state index contributed by atoms with van der Waals surface area (Å²) in [6.07, 6.45) is 0.173. The van der Waals surface area contributed by atoms with Gasteiger partial charge in [-0.15, -0.1) is 0 Å². The Kier molecular flexibility index (Phi) is 7.97. The molecule has 0 aromatic heterocycles. The maximum Gasteiger partial charge on any atom is 0.227 e. The summed E-state index contributed by atoms with van der Waals surface area (Å²) in [5.41, 5.74) is 0.924. The maximum absolute atomic E-state index is 13.9. The van der Waals surface area contributed by atoms with Gasteiger partial charge in [-0.2, -0.15) is 5.26 Å². The van der Waals surface area contributed by atoms with Gasteiger partial charge in [-0.25, -0.2) is 4.39 Å². The number of carbonyl (C=O) groups excluding carboxylic acids is 2. The van der Waals surface area contributed by atoms with Crippen molar-refractivity contribution in [1.29, 1.82) is 5.26 Å². The molecule has 2 aromatic carbocycles. The number of rotatable bonds is 8. The van der Waals surface area contributed by atoms with Gasteiger partial charge in [-0.05, 0) is 24.3 Å². The van der Waals surface area contributed by atoms with Crippen molar-refractivity contribution >= 4 is 29.1 Å². The van der Waals surface area contributed by atoms with Crippen molar-refractivity contribution < 1.29 is 14.0 Å². The molecule has 0 heterocycles. The number of nitrogens with zero attached hydrogens (tertiary/aromatic N) is 3. The van der Waals surface area contributed by atoms with E-state index in [0.717, 1.165) is 0 Å². The summed E-state index contributed by atoms with van der Waals surface area (Å²) < 4.78 is 13.9. The fraction of sp³-hybridized carbons (Fsp3) is 0.286. The normalized spacial score (nSPS) is 10.2. The smallest absolute Gasteiger partial charge is 0.227 e. The highest BCUT2D eigenvalue weighted by molar-refractivity contribution is 6.31. The molecule has 0 saturated heterocycles. The molecule has 0 fully saturated rings. The lowest BCUT2D eigenvalue weighted by Crippen LogP contribution is -2.33. The highest BCUT2D eigenvalue weighted by atomic mass is 35.5. The standard InChI is InChI=1S/C21H21ClFN3O2/c1-25(15-17-18(22)9-5-10-19(17)23)20(27)11-12-21(28)26(14-6-13-24)16-7-3-2-4-8-16/h2-5,7-10H,6,11-12,14-15H2,1H3. The van der Waals surface area contributed by atoms with Crippen molar-refractivity contribution in [1.82, 2.24) is 4.90 Å². The molecular weight excluding hydrogens is 381 g/mol. The lowest BCUT2D eigenvalue weighted by Gasteiger charge is -2.23. The first kappa shape index (κ1) is 21.4. The first-order valence-corrected chi connectivity index (χ1v) is 9.21. The largest absolute Gasteiger partial charge is 0.341 e. The summed E-state index contributed by atoms with van der Waals surface area (Å²) in [4.78, 5) is 27.8. The molecule has 7 heteroatoms. The minimum Gasteiger partial charge on any atom is -0.341 e. The predicted molar refractivity (Wildman–Crippen MR) is 106 cm³/mol. The minimum atomic E-state index is -0.477. The lowest BCUT2D eigenvalue weighted by atomic mass is 10.1. The molecule has 2 aromatic rings. The second-order valence-electron chi connectivity index (χ2n) is 6.24. The van der Waals surface area contributed by atoms with E-state index in [9.17, 15) is 14.0 Å². The molecule has 0 unspecified atom stereocenters. The summed E-state index contributed by atoms with van der Waals surface area (Å²) >= 11 is 6.00. The van der Waals surface area contributed by atoms with Crippen LogP contribution in [-0.2, 0) is 16.1 Å². The Bertz CT molecular complexity index is 847. The van der Waals surface area contributed by atoms with Gasteiger partial charge < -0.3 is 9.80 Å². The topological polar surface area (TPSA) is 64.4 Å². The number of amides is 2. The van der Waals surface area contributed by atoms with E-state index in [1.54, 1.807) is 37.4 Å². The summed E-state index contributed by atoms with van der Waals surface area (Å²) in [6, 6.07) is 15.4. The molecule has 5 nitrogen and oxygen atoms in total. The highest BCUT2D eigenvalue weighted by Crippen LogP contribution is 2.21. The molecule has 0 aliphatic carbocycles. The Morgan fingerprint density at radius 2 is 1.75 bits per heavy atom. The first-order valence-electron chi connectivity index (χ1n) is 8.83. The van der Waals surface area contributed by atoms with Crippen molar-refractivity contribution in [3.05, 3.63) is 64.9 Å². The second-order valence-corrected chi connectivity index (χ2v) is 6.65. The molecule has 146 valence electrons. The van der Waals surface area contributed by atoms with Crippen molar-refractivity contribution in [3.8, 4) is 6.07 Å². The predicted octanol–water partition coefficient (Wildman–Crippen LogP) is 4.16. The molecule has 2 rings (SSSR count). The van der Waals surface area contributed by atoms with Crippen LogP contribution in [0.15, 0.2) is 48.5 Å². The van der Waals surface area contributed by atoms with Gasteiger partial charge in [0.05, 0.1) is 12.5 Å². The van der Waals surface area contributed by atoms with Crippen molar-refractivity contribution in [2.75, 3.05) is 18.5 Å². The van der Waals surface area contributed by atoms with E-state index in [4.69, 9.17) is 16.9 Å². The zero-order valence-electron chi connectivity index (χ0n) is 15.6. The summed E-state index contributed by atoms with van der Waals surface area (Å²) in [5.74, 6) is -1.01. The number of anilines is 1. The molecule has 0 N–H and O–H groups in total. The molecule has 0 bridgehead atoms. The molecule has 0 radical (unpaired) electrons. The number of hydrogen-bond donors (Lipinski definition) is 0. The zero-order valence-corrected chi connectivity index (χ0v) is 16.3. The minimum absolute atomic E-state index is 0.00546. The van der Waals surface area contributed by atoms with E-state index in [-0.39, 0.29) is 54.8 Å². The Balaban J connectivity index is 1.97. The maximum atomic E-state index is 13.9. The molecule has 0 aliphatic heterocycles. The van der Waals surface area contributed by atoms with Gasteiger partial charge in [0.25, 0.3) is 0 Å². The van der Waals surface area contributed by atoms with Gasteiger partial charge in [0, 0.05) is 49.3 Å².